The molecule has 39 heavy (non-hydrogen) atoms. The Balaban J connectivity index is 1.50. The first-order valence-corrected chi connectivity index (χ1v) is 14.8. The third-order valence-corrected chi connectivity index (χ3v) is 6.72. The van der Waals surface area contributed by atoms with Crippen molar-refractivity contribution in [3.8, 4) is 17.2 Å². The van der Waals surface area contributed by atoms with Crippen LogP contribution in [0.25, 0.3) is 0 Å². The standard InChI is InChI=1S/C31H35N3O4S/c1-24-30(33-39(2,35)36)10-6-11-31(24)34(22-25-8-4-3-5-9-25)23-26-12-14-28(15-13-26)38-29-18-16-27(17-19-29)37-21-7-20-32/h3-6,8-19,33H,7,20-23,32H2,1-2H3. The van der Waals surface area contributed by atoms with Gasteiger partial charge in [-0.2, -0.15) is 0 Å². The first-order valence-electron chi connectivity index (χ1n) is 12.9. The fraction of sp³-hybridized carbons (Fsp3) is 0.226. The molecule has 0 fully saturated rings. The van der Waals surface area contributed by atoms with E-state index in [0.29, 0.717) is 31.9 Å². The molecule has 0 aliphatic rings. The fourth-order valence-electron chi connectivity index (χ4n) is 4.20. The Morgan fingerprint density at radius 1 is 0.769 bits per heavy atom. The summed E-state index contributed by atoms with van der Waals surface area (Å²) in [6.07, 6.45) is 1.98. The Morgan fingerprint density at radius 2 is 1.36 bits per heavy atom. The maximum atomic E-state index is 11.9. The SMILES string of the molecule is Cc1c(NS(C)(=O)=O)cccc1N(Cc1ccccc1)Cc1ccc(Oc2ccc(OCCCN)cc2)cc1. The lowest BCUT2D eigenvalue weighted by atomic mass is 10.1. The van der Waals surface area contributed by atoms with Gasteiger partial charge in [0.25, 0.3) is 0 Å². The highest BCUT2D eigenvalue weighted by molar-refractivity contribution is 7.92. The molecule has 4 rings (SSSR count). The number of hydrogen-bond acceptors (Lipinski definition) is 6. The minimum atomic E-state index is -3.39. The predicted octanol–water partition coefficient (Wildman–Crippen LogP) is 6.09. The minimum Gasteiger partial charge on any atom is -0.494 e. The fourth-order valence-corrected chi connectivity index (χ4v) is 4.82. The van der Waals surface area contributed by atoms with Gasteiger partial charge in [0.05, 0.1) is 18.6 Å². The second kappa shape index (κ2) is 13.2. The van der Waals surface area contributed by atoms with Gasteiger partial charge in [0.2, 0.25) is 10.0 Å². The first-order chi connectivity index (χ1) is 18.8. The van der Waals surface area contributed by atoms with Crippen molar-refractivity contribution in [3.63, 3.8) is 0 Å². The van der Waals surface area contributed by atoms with Gasteiger partial charge in [0.1, 0.15) is 17.2 Å². The van der Waals surface area contributed by atoms with Crippen molar-refractivity contribution in [1.82, 2.24) is 0 Å². The van der Waals surface area contributed by atoms with Gasteiger partial charge in [-0.05, 0) is 85.1 Å². The van der Waals surface area contributed by atoms with Crippen molar-refractivity contribution in [2.45, 2.75) is 26.4 Å². The van der Waals surface area contributed by atoms with E-state index in [1.165, 1.54) is 0 Å². The Bertz CT molecular complexity index is 1440. The van der Waals surface area contributed by atoms with Crippen molar-refractivity contribution in [1.29, 1.82) is 0 Å². The normalized spacial score (nSPS) is 11.2. The van der Waals surface area contributed by atoms with E-state index in [-0.39, 0.29) is 0 Å². The zero-order valence-electron chi connectivity index (χ0n) is 22.3. The average Bonchev–Trinajstić information content (AvgIpc) is 2.92. The second-order valence-corrected chi connectivity index (χ2v) is 11.1. The Kier molecular flexibility index (Phi) is 9.46. The number of benzene rings is 4. The van der Waals surface area contributed by atoms with E-state index >= 15 is 0 Å². The maximum absolute atomic E-state index is 11.9. The van der Waals surface area contributed by atoms with Crippen LogP contribution in [0.2, 0.25) is 0 Å². The smallest absolute Gasteiger partial charge is 0.229 e. The zero-order valence-corrected chi connectivity index (χ0v) is 23.2. The molecule has 0 aliphatic heterocycles. The van der Waals surface area contributed by atoms with E-state index in [0.717, 1.165) is 52.3 Å². The molecular weight excluding hydrogens is 510 g/mol. The molecule has 7 nitrogen and oxygen atoms in total. The molecular formula is C31H35N3O4S. The van der Waals surface area contributed by atoms with E-state index in [1.807, 2.05) is 85.8 Å². The number of ether oxygens (including phenoxy) is 2. The van der Waals surface area contributed by atoms with Crippen molar-refractivity contribution < 1.29 is 17.9 Å². The molecule has 4 aromatic rings. The van der Waals surface area contributed by atoms with Crippen LogP contribution in [-0.4, -0.2) is 27.8 Å². The highest BCUT2D eigenvalue weighted by atomic mass is 32.2. The topological polar surface area (TPSA) is 93.9 Å². The molecule has 204 valence electrons. The van der Waals surface area contributed by atoms with Crippen LogP contribution in [-0.2, 0) is 23.1 Å². The summed E-state index contributed by atoms with van der Waals surface area (Å²) in [7, 11) is -3.39. The van der Waals surface area contributed by atoms with Crippen molar-refractivity contribution in [2.24, 2.45) is 5.73 Å². The lowest BCUT2D eigenvalue weighted by molar-refractivity contribution is 0.313. The maximum Gasteiger partial charge on any atom is 0.229 e. The summed E-state index contributed by atoms with van der Waals surface area (Å²) in [4.78, 5) is 2.25. The molecule has 0 aromatic heterocycles. The van der Waals surface area contributed by atoms with Gasteiger partial charge in [-0.15, -0.1) is 0 Å². The van der Waals surface area contributed by atoms with Crippen LogP contribution in [0.4, 0.5) is 11.4 Å². The second-order valence-electron chi connectivity index (χ2n) is 9.37. The molecule has 3 N–H and O–H groups in total. The van der Waals surface area contributed by atoms with E-state index < -0.39 is 10.0 Å². The highest BCUT2D eigenvalue weighted by Gasteiger charge is 2.15. The summed E-state index contributed by atoms with van der Waals surface area (Å²) in [5.74, 6) is 2.25. The molecule has 0 atom stereocenters. The molecule has 0 aliphatic carbocycles. The molecule has 0 bridgehead atoms. The number of nitrogens with two attached hydrogens (primary N) is 1. The third-order valence-electron chi connectivity index (χ3n) is 6.13. The Hall–Kier alpha value is -4.01. The third kappa shape index (κ3) is 8.49. The summed E-state index contributed by atoms with van der Waals surface area (Å²) in [5.41, 5.74) is 10.2. The number of hydrogen-bond donors (Lipinski definition) is 2. The lowest BCUT2D eigenvalue weighted by Gasteiger charge is -2.28. The van der Waals surface area contributed by atoms with Gasteiger partial charge in [-0.3, -0.25) is 4.72 Å². The molecule has 0 saturated carbocycles. The van der Waals surface area contributed by atoms with Gasteiger partial charge in [-0.25, -0.2) is 8.42 Å². The Morgan fingerprint density at radius 3 is 1.97 bits per heavy atom. The molecule has 0 spiro atoms. The largest absolute Gasteiger partial charge is 0.494 e. The molecule has 0 heterocycles. The first kappa shape index (κ1) is 28.0. The van der Waals surface area contributed by atoms with Crippen LogP contribution in [0, 0.1) is 6.92 Å². The van der Waals surface area contributed by atoms with Crippen LogP contribution >= 0.6 is 0 Å². The van der Waals surface area contributed by atoms with Gasteiger partial charge in [0.15, 0.2) is 0 Å². The van der Waals surface area contributed by atoms with Gasteiger partial charge < -0.3 is 20.1 Å². The molecule has 4 aromatic carbocycles. The van der Waals surface area contributed by atoms with Crippen molar-refractivity contribution >= 4 is 21.4 Å². The zero-order chi connectivity index (χ0) is 27.7. The van der Waals surface area contributed by atoms with Crippen LogP contribution in [0.3, 0.4) is 0 Å². The van der Waals surface area contributed by atoms with Crippen LogP contribution in [0.5, 0.6) is 17.2 Å². The number of nitrogens with one attached hydrogen (secondary N) is 1. The van der Waals surface area contributed by atoms with Crippen LogP contribution < -0.4 is 24.8 Å². The highest BCUT2D eigenvalue weighted by Crippen LogP contribution is 2.31. The molecule has 0 saturated heterocycles. The summed E-state index contributed by atoms with van der Waals surface area (Å²) >= 11 is 0. The van der Waals surface area contributed by atoms with Gasteiger partial charge >= 0.3 is 0 Å². The van der Waals surface area contributed by atoms with Crippen molar-refractivity contribution in [2.75, 3.05) is 29.0 Å². The number of rotatable bonds is 13. The van der Waals surface area contributed by atoms with Crippen molar-refractivity contribution in [3.05, 3.63) is 114 Å². The number of sulfonamides is 1. The van der Waals surface area contributed by atoms with Gasteiger partial charge in [-0.1, -0.05) is 48.5 Å². The van der Waals surface area contributed by atoms with Crippen LogP contribution in [0.15, 0.2) is 97.1 Å². The minimum absolute atomic E-state index is 0.576. The number of nitrogens with zero attached hydrogens (tertiary/aromatic N) is 1. The molecule has 0 unspecified atom stereocenters. The summed E-state index contributed by atoms with van der Waals surface area (Å²) < 4.78 is 38.1. The lowest BCUT2D eigenvalue weighted by Crippen LogP contribution is -2.23. The molecule has 0 amide bonds. The number of anilines is 2. The summed E-state index contributed by atoms with van der Waals surface area (Å²) in [6.45, 7) is 4.44. The Labute approximate surface area is 231 Å². The van der Waals surface area contributed by atoms with E-state index in [2.05, 4.69) is 21.8 Å². The van der Waals surface area contributed by atoms with E-state index in [9.17, 15) is 8.42 Å². The summed E-state index contributed by atoms with van der Waals surface area (Å²) in [5, 5.41) is 0. The van der Waals surface area contributed by atoms with E-state index in [1.54, 1.807) is 6.07 Å². The average molecular weight is 546 g/mol. The predicted molar refractivity (Wildman–Crippen MR) is 158 cm³/mol. The molecule has 8 heteroatoms. The summed E-state index contributed by atoms with van der Waals surface area (Å²) in [6, 6.07) is 31.4. The van der Waals surface area contributed by atoms with E-state index in [4.69, 9.17) is 15.2 Å². The quantitative estimate of drug-likeness (QED) is 0.197. The monoisotopic (exact) mass is 545 g/mol. The van der Waals surface area contributed by atoms with Crippen LogP contribution in [0.1, 0.15) is 23.1 Å². The van der Waals surface area contributed by atoms with Gasteiger partial charge in [0, 0.05) is 18.8 Å². The molecule has 0 radical (unpaired) electrons.